The van der Waals surface area contributed by atoms with Gasteiger partial charge in [-0.25, -0.2) is 5.43 Å². The number of carbonyl (C=O) groups excluding carboxylic acids is 1. The van der Waals surface area contributed by atoms with Gasteiger partial charge >= 0.3 is 0 Å². The van der Waals surface area contributed by atoms with E-state index in [2.05, 4.69) is 10.5 Å². The number of hydrazone groups is 1. The van der Waals surface area contributed by atoms with Crippen molar-refractivity contribution in [2.24, 2.45) is 5.10 Å². The molecule has 2 aromatic carbocycles. The third-order valence-corrected chi connectivity index (χ3v) is 3.33. The summed E-state index contributed by atoms with van der Waals surface area (Å²) in [5.41, 5.74) is 2.57. The van der Waals surface area contributed by atoms with Crippen LogP contribution in [0.2, 0.25) is 0 Å². The summed E-state index contributed by atoms with van der Waals surface area (Å²) >= 11 is 0. The van der Waals surface area contributed by atoms with Crippen LogP contribution in [0.1, 0.15) is 25.0 Å². The predicted molar refractivity (Wildman–Crippen MR) is 95.8 cm³/mol. The fraction of sp³-hybridized carbons (Fsp3) is 0.263. The third-order valence-electron chi connectivity index (χ3n) is 3.33. The number of aliphatic hydroxyl groups is 1. The van der Waals surface area contributed by atoms with Crippen molar-refractivity contribution in [1.29, 1.82) is 0 Å². The second-order valence-corrected chi connectivity index (χ2v) is 5.97. The topological polar surface area (TPSA) is 80.2 Å². The Hall–Kier alpha value is -2.86. The molecule has 25 heavy (non-hydrogen) atoms. The van der Waals surface area contributed by atoms with E-state index in [-0.39, 0.29) is 0 Å². The van der Waals surface area contributed by atoms with Gasteiger partial charge in [0.15, 0.2) is 0 Å². The van der Waals surface area contributed by atoms with Crippen molar-refractivity contribution in [2.45, 2.75) is 26.1 Å². The van der Waals surface area contributed by atoms with Crippen LogP contribution in [0.25, 0.3) is 0 Å². The van der Waals surface area contributed by atoms with Gasteiger partial charge in [0, 0.05) is 0 Å². The zero-order valence-corrected chi connectivity index (χ0v) is 14.5. The zero-order chi connectivity index (χ0) is 18.3. The van der Waals surface area contributed by atoms with Gasteiger partial charge in [-0.2, -0.15) is 5.10 Å². The van der Waals surface area contributed by atoms with Crippen LogP contribution in [0, 0.1) is 0 Å². The molecule has 0 heterocycles. The summed E-state index contributed by atoms with van der Waals surface area (Å²) in [4.78, 5) is 11.5. The fourth-order valence-electron chi connectivity index (χ4n) is 1.92. The highest BCUT2D eigenvalue weighted by Gasteiger charge is 2.22. The molecular formula is C19H22N2O4. The van der Waals surface area contributed by atoms with Gasteiger partial charge < -0.3 is 14.6 Å². The fourth-order valence-corrected chi connectivity index (χ4v) is 1.92. The highest BCUT2D eigenvalue weighted by atomic mass is 16.5. The van der Waals surface area contributed by atoms with E-state index in [0.717, 1.165) is 16.9 Å². The van der Waals surface area contributed by atoms with E-state index in [1.165, 1.54) is 20.1 Å². The second kappa shape index (κ2) is 8.30. The molecule has 0 aliphatic rings. The van der Waals surface area contributed by atoms with E-state index in [4.69, 9.17) is 9.47 Å². The third kappa shape index (κ3) is 5.93. The number of methoxy groups -OCH3 is 1. The van der Waals surface area contributed by atoms with Crippen LogP contribution in [0.4, 0.5) is 0 Å². The number of amides is 1. The Kier molecular flexibility index (Phi) is 6.14. The molecule has 0 radical (unpaired) electrons. The van der Waals surface area contributed by atoms with E-state index < -0.39 is 11.5 Å². The van der Waals surface area contributed by atoms with Gasteiger partial charge in [0.05, 0.1) is 13.3 Å². The van der Waals surface area contributed by atoms with Gasteiger partial charge in [0.1, 0.15) is 23.7 Å². The van der Waals surface area contributed by atoms with Crippen LogP contribution in [0.15, 0.2) is 53.6 Å². The summed E-state index contributed by atoms with van der Waals surface area (Å²) in [6.07, 6.45) is 1.49. The quantitative estimate of drug-likeness (QED) is 0.598. The predicted octanol–water partition coefficient (Wildman–Crippen LogP) is 2.50. The Morgan fingerprint density at radius 3 is 2.64 bits per heavy atom. The van der Waals surface area contributed by atoms with Crippen LogP contribution in [0.5, 0.6) is 11.5 Å². The molecule has 0 unspecified atom stereocenters. The van der Waals surface area contributed by atoms with Gasteiger partial charge in [-0.05, 0) is 49.2 Å². The lowest BCUT2D eigenvalue weighted by molar-refractivity contribution is -0.136. The number of hydrogen-bond donors (Lipinski definition) is 2. The number of benzene rings is 2. The minimum atomic E-state index is -1.47. The maximum atomic E-state index is 11.5. The van der Waals surface area contributed by atoms with Gasteiger partial charge in [-0.3, -0.25) is 4.79 Å². The lowest BCUT2D eigenvalue weighted by atomic mass is 10.1. The number of nitrogens with zero attached hydrogens (tertiary/aromatic N) is 1. The molecule has 132 valence electrons. The molecule has 0 aromatic heterocycles. The van der Waals surface area contributed by atoms with Crippen molar-refractivity contribution in [3.63, 3.8) is 0 Å². The summed E-state index contributed by atoms with van der Waals surface area (Å²) in [5.74, 6) is 0.888. The first-order chi connectivity index (χ1) is 11.9. The minimum absolute atomic E-state index is 0.410. The highest BCUT2D eigenvalue weighted by Crippen LogP contribution is 2.17. The molecule has 0 saturated carbocycles. The molecule has 0 aliphatic carbocycles. The van der Waals surface area contributed by atoms with Gasteiger partial charge in [-0.15, -0.1) is 0 Å². The lowest BCUT2D eigenvalue weighted by Crippen LogP contribution is -2.39. The van der Waals surface area contributed by atoms with Gasteiger partial charge in [0.25, 0.3) is 5.91 Å². The van der Waals surface area contributed by atoms with Crippen LogP contribution in [-0.4, -0.2) is 29.9 Å². The SMILES string of the molecule is COc1cccc(COc2cccc(/C=N\NC(=O)C(C)(C)O)c2)c1. The van der Waals surface area contributed by atoms with Crippen molar-refractivity contribution < 1.29 is 19.4 Å². The van der Waals surface area contributed by atoms with Crippen molar-refractivity contribution in [2.75, 3.05) is 7.11 Å². The van der Waals surface area contributed by atoms with Crippen molar-refractivity contribution in [3.8, 4) is 11.5 Å². The largest absolute Gasteiger partial charge is 0.497 e. The standard InChI is InChI=1S/C19H22N2O4/c1-19(2,23)18(22)21-20-12-14-6-4-9-17(10-14)25-13-15-7-5-8-16(11-15)24-3/h4-12,23H,13H2,1-3H3,(H,21,22)/b20-12-. The summed E-state index contributed by atoms with van der Waals surface area (Å²) in [7, 11) is 1.62. The molecule has 2 N–H and O–H groups in total. The van der Waals surface area contributed by atoms with Crippen LogP contribution >= 0.6 is 0 Å². The van der Waals surface area contributed by atoms with E-state index in [1.54, 1.807) is 13.2 Å². The Morgan fingerprint density at radius 2 is 1.92 bits per heavy atom. The van der Waals surface area contributed by atoms with E-state index in [0.29, 0.717) is 12.4 Å². The lowest BCUT2D eigenvalue weighted by Gasteiger charge is -2.13. The Labute approximate surface area is 147 Å². The Bertz CT molecular complexity index is 751. The molecule has 2 aromatic rings. The van der Waals surface area contributed by atoms with Crippen molar-refractivity contribution >= 4 is 12.1 Å². The zero-order valence-electron chi connectivity index (χ0n) is 14.5. The number of rotatable bonds is 7. The number of nitrogens with one attached hydrogen (secondary N) is 1. The maximum absolute atomic E-state index is 11.5. The molecule has 0 saturated heterocycles. The minimum Gasteiger partial charge on any atom is -0.497 e. The maximum Gasteiger partial charge on any atom is 0.271 e. The summed E-state index contributed by atoms with van der Waals surface area (Å²) in [6, 6.07) is 15.0. The molecule has 0 aliphatic heterocycles. The first-order valence-electron chi connectivity index (χ1n) is 7.80. The number of carbonyl (C=O) groups is 1. The highest BCUT2D eigenvalue weighted by molar-refractivity contribution is 5.86. The van der Waals surface area contributed by atoms with Crippen molar-refractivity contribution in [1.82, 2.24) is 5.43 Å². The van der Waals surface area contributed by atoms with Crippen LogP contribution < -0.4 is 14.9 Å². The van der Waals surface area contributed by atoms with Crippen molar-refractivity contribution in [3.05, 3.63) is 59.7 Å². The second-order valence-electron chi connectivity index (χ2n) is 5.97. The number of ether oxygens (including phenoxy) is 2. The molecule has 6 heteroatoms. The van der Waals surface area contributed by atoms with Gasteiger partial charge in [-0.1, -0.05) is 24.3 Å². The molecule has 0 bridgehead atoms. The molecule has 0 atom stereocenters. The summed E-state index contributed by atoms with van der Waals surface area (Å²) in [5, 5.41) is 13.4. The molecule has 0 fully saturated rings. The normalized spacial score (nSPS) is 11.4. The summed E-state index contributed by atoms with van der Waals surface area (Å²) < 4.78 is 11.0. The molecule has 1 amide bonds. The van der Waals surface area contributed by atoms with Crippen LogP contribution in [-0.2, 0) is 11.4 Å². The first-order valence-corrected chi connectivity index (χ1v) is 7.80. The first kappa shape index (κ1) is 18.5. The Balaban J connectivity index is 1.95. The smallest absolute Gasteiger partial charge is 0.271 e. The van der Waals surface area contributed by atoms with Crippen LogP contribution in [0.3, 0.4) is 0 Å². The number of hydrogen-bond acceptors (Lipinski definition) is 5. The molecule has 0 spiro atoms. The molecule has 2 rings (SSSR count). The summed E-state index contributed by atoms with van der Waals surface area (Å²) in [6.45, 7) is 3.20. The van der Waals surface area contributed by atoms with Gasteiger partial charge in [0.2, 0.25) is 0 Å². The molecular weight excluding hydrogens is 320 g/mol. The monoisotopic (exact) mass is 342 g/mol. The van der Waals surface area contributed by atoms with E-state index >= 15 is 0 Å². The molecule has 6 nitrogen and oxygen atoms in total. The van der Waals surface area contributed by atoms with E-state index in [1.807, 2.05) is 42.5 Å². The Morgan fingerprint density at radius 1 is 1.20 bits per heavy atom. The van der Waals surface area contributed by atoms with E-state index in [9.17, 15) is 9.90 Å². The average Bonchev–Trinajstić information content (AvgIpc) is 2.59. The average molecular weight is 342 g/mol.